The summed E-state index contributed by atoms with van der Waals surface area (Å²) in [6.45, 7) is 5.51. The van der Waals surface area contributed by atoms with Gasteiger partial charge in [-0.25, -0.2) is 9.78 Å². The van der Waals surface area contributed by atoms with Gasteiger partial charge < -0.3 is 15.0 Å². The molecular weight excluding hydrogens is 230 g/mol. The number of imidazole rings is 1. The lowest BCUT2D eigenvalue weighted by atomic mass is 10.3. The van der Waals surface area contributed by atoms with Gasteiger partial charge in [-0.2, -0.15) is 0 Å². The summed E-state index contributed by atoms with van der Waals surface area (Å²) in [6.07, 6.45) is 1.04. The molecule has 1 heterocycles. The third-order valence-corrected chi connectivity index (χ3v) is 2.48. The Morgan fingerprint density at radius 3 is 3.11 bits per heavy atom. The number of H-pyrrole nitrogens is 1. The van der Waals surface area contributed by atoms with Crippen molar-refractivity contribution < 1.29 is 9.53 Å². The maximum Gasteiger partial charge on any atom is 0.408 e. The molecule has 0 saturated carbocycles. The zero-order valence-corrected chi connectivity index (χ0v) is 10.1. The first-order valence-corrected chi connectivity index (χ1v) is 5.69. The Kier molecular flexibility index (Phi) is 3.62. The highest BCUT2D eigenvalue weighted by atomic mass is 16.5. The number of para-hydroxylation sites is 2. The quantitative estimate of drug-likeness (QED) is 0.813. The van der Waals surface area contributed by atoms with Crippen LogP contribution in [0.4, 0.5) is 4.79 Å². The lowest BCUT2D eigenvalue weighted by Crippen LogP contribution is -2.28. The van der Waals surface area contributed by atoms with Crippen LogP contribution in [-0.2, 0) is 4.74 Å². The molecule has 1 amide bonds. The summed E-state index contributed by atoms with van der Waals surface area (Å²) >= 11 is 0. The molecule has 0 aliphatic carbocycles. The summed E-state index contributed by atoms with van der Waals surface area (Å²) in [5.41, 5.74) is 1.82. The monoisotopic (exact) mass is 245 g/mol. The van der Waals surface area contributed by atoms with Gasteiger partial charge in [0.25, 0.3) is 0 Å². The number of amides is 1. The van der Waals surface area contributed by atoms with Crippen LogP contribution in [0.2, 0.25) is 0 Å². The molecule has 0 spiro atoms. The number of aromatic amines is 1. The molecule has 1 atom stereocenters. The molecule has 0 aliphatic rings. The van der Waals surface area contributed by atoms with E-state index in [-0.39, 0.29) is 12.6 Å². The molecule has 94 valence electrons. The van der Waals surface area contributed by atoms with Gasteiger partial charge in [-0.15, -0.1) is 0 Å². The van der Waals surface area contributed by atoms with E-state index in [1.165, 1.54) is 6.08 Å². The van der Waals surface area contributed by atoms with Crippen molar-refractivity contribution in [2.24, 2.45) is 0 Å². The predicted molar refractivity (Wildman–Crippen MR) is 69.2 cm³/mol. The minimum Gasteiger partial charge on any atom is -0.445 e. The van der Waals surface area contributed by atoms with E-state index < -0.39 is 6.09 Å². The predicted octanol–water partition coefficient (Wildman–Crippen LogP) is 2.54. The minimum absolute atomic E-state index is 0.193. The highest BCUT2D eigenvalue weighted by Gasteiger charge is 2.13. The van der Waals surface area contributed by atoms with Crippen LogP contribution in [0.25, 0.3) is 11.0 Å². The van der Waals surface area contributed by atoms with E-state index in [2.05, 4.69) is 21.9 Å². The van der Waals surface area contributed by atoms with Gasteiger partial charge in [0.05, 0.1) is 17.1 Å². The number of carbonyl (C=O) groups excluding carboxylic acids is 1. The number of fused-ring (bicyclic) bond motifs is 1. The second-order valence-corrected chi connectivity index (χ2v) is 3.89. The number of ether oxygens (including phenoxy) is 1. The first-order chi connectivity index (χ1) is 8.70. The van der Waals surface area contributed by atoms with Crippen molar-refractivity contribution in [3.8, 4) is 0 Å². The number of aromatic nitrogens is 2. The maximum absolute atomic E-state index is 11.4. The standard InChI is InChI=1S/C13H15N3O2/c1-3-8-18-13(17)14-9(2)12-15-10-6-4-5-7-11(10)16-12/h3-7,9H,1,8H2,2H3,(H,14,17)(H,15,16). The average Bonchev–Trinajstić information content (AvgIpc) is 2.80. The third-order valence-electron chi connectivity index (χ3n) is 2.48. The summed E-state index contributed by atoms with van der Waals surface area (Å²) in [5, 5.41) is 2.69. The Morgan fingerprint density at radius 1 is 1.61 bits per heavy atom. The molecule has 1 aromatic heterocycles. The number of hydrogen-bond donors (Lipinski definition) is 2. The fraction of sp³-hybridized carbons (Fsp3) is 0.231. The zero-order valence-electron chi connectivity index (χ0n) is 10.1. The number of benzene rings is 1. The number of nitrogens with zero attached hydrogens (tertiary/aromatic N) is 1. The van der Waals surface area contributed by atoms with Crippen molar-refractivity contribution in [1.82, 2.24) is 15.3 Å². The van der Waals surface area contributed by atoms with Crippen LogP contribution in [0.5, 0.6) is 0 Å². The first kappa shape index (κ1) is 12.2. The van der Waals surface area contributed by atoms with Crippen molar-refractivity contribution in [3.05, 3.63) is 42.7 Å². The Hall–Kier alpha value is -2.30. The van der Waals surface area contributed by atoms with Gasteiger partial charge >= 0.3 is 6.09 Å². The fourth-order valence-electron chi connectivity index (χ4n) is 1.60. The Bertz CT molecular complexity index is 529. The van der Waals surface area contributed by atoms with Crippen molar-refractivity contribution >= 4 is 17.1 Å². The van der Waals surface area contributed by atoms with E-state index >= 15 is 0 Å². The molecule has 2 rings (SSSR count). The smallest absolute Gasteiger partial charge is 0.408 e. The third kappa shape index (κ3) is 2.68. The van der Waals surface area contributed by atoms with Crippen LogP contribution >= 0.6 is 0 Å². The molecule has 0 aliphatic heterocycles. The normalized spacial score (nSPS) is 12.1. The zero-order chi connectivity index (χ0) is 13.0. The highest BCUT2D eigenvalue weighted by molar-refractivity contribution is 5.75. The lowest BCUT2D eigenvalue weighted by Gasteiger charge is -2.10. The van der Waals surface area contributed by atoms with Crippen LogP contribution in [0, 0.1) is 0 Å². The van der Waals surface area contributed by atoms with Crippen LogP contribution in [0.1, 0.15) is 18.8 Å². The fourth-order valence-corrected chi connectivity index (χ4v) is 1.60. The molecule has 0 saturated heterocycles. The van der Waals surface area contributed by atoms with E-state index in [1.54, 1.807) is 0 Å². The average molecular weight is 245 g/mol. The number of hydrogen-bond acceptors (Lipinski definition) is 3. The summed E-state index contributed by atoms with van der Waals surface area (Å²) in [7, 11) is 0. The molecule has 1 unspecified atom stereocenters. The second kappa shape index (κ2) is 5.35. The molecule has 0 bridgehead atoms. The van der Waals surface area contributed by atoms with Crippen molar-refractivity contribution in [3.63, 3.8) is 0 Å². The SMILES string of the molecule is C=CCOC(=O)NC(C)c1nc2ccccc2[nH]1. The van der Waals surface area contributed by atoms with Gasteiger partial charge in [0.1, 0.15) is 12.4 Å². The summed E-state index contributed by atoms with van der Waals surface area (Å²) in [4.78, 5) is 18.9. The summed E-state index contributed by atoms with van der Waals surface area (Å²) in [5.74, 6) is 0.701. The first-order valence-electron chi connectivity index (χ1n) is 5.69. The number of rotatable bonds is 4. The molecule has 1 aromatic carbocycles. The largest absolute Gasteiger partial charge is 0.445 e. The minimum atomic E-state index is -0.483. The maximum atomic E-state index is 11.4. The van der Waals surface area contributed by atoms with Gasteiger partial charge in [0.2, 0.25) is 0 Å². The molecule has 18 heavy (non-hydrogen) atoms. The van der Waals surface area contributed by atoms with E-state index in [4.69, 9.17) is 4.74 Å². The van der Waals surface area contributed by atoms with Crippen LogP contribution in [0.3, 0.4) is 0 Å². The van der Waals surface area contributed by atoms with Crippen LogP contribution in [0.15, 0.2) is 36.9 Å². The van der Waals surface area contributed by atoms with E-state index in [0.29, 0.717) is 5.82 Å². The molecule has 5 heteroatoms. The van der Waals surface area contributed by atoms with Gasteiger partial charge in [0.15, 0.2) is 0 Å². The van der Waals surface area contributed by atoms with Crippen molar-refractivity contribution in [2.45, 2.75) is 13.0 Å². The van der Waals surface area contributed by atoms with Gasteiger partial charge in [-0.3, -0.25) is 0 Å². The molecular formula is C13H15N3O2. The summed E-state index contributed by atoms with van der Waals surface area (Å²) in [6, 6.07) is 7.46. The van der Waals surface area contributed by atoms with E-state index in [9.17, 15) is 4.79 Å². The topological polar surface area (TPSA) is 67.0 Å². The van der Waals surface area contributed by atoms with E-state index in [0.717, 1.165) is 11.0 Å². The molecule has 0 radical (unpaired) electrons. The van der Waals surface area contributed by atoms with Gasteiger partial charge in [0, 0.05) is 0 Å². The molecule has 0 fully saturated rings. The molecule has 2 aromatic rings. The second-order valence-electron chi connectivity index (χ2n) is 3.89. The molecule has 2 N–H and O–H groups in total. The van der Waals surface area contributed by atoms with Crippen molar-refractivity contribution in [2.75, 3.05) is 6.61 Å². The van der Waals surface area contributed by atoms with Crippen molar-refractivity contribution in [1.29, 1.82) is 0 Å². The molecule has 5 nitrogen and oxygen atoms in total. The Morgan fingerprint density at radius 2 is 2.39 bits per heavy atom. The van der Waals surface area contributed by atoms with Gasteiger partial charge in [-0.05, 0) is 19.1 Å². The lowest BCUT2D eigenvalue weighted by molar-refractivity contribution is 0.154. The van der Waals surface area contributed by atoms with Gasteiger partial charge in [-0.1, -0.05) is 24.8 Å². The number of nitrogens with one attached hydrogen (secondary N) is 2. The number of carbonyl (C=O) groups is 1. The van der Waals surface area contributed by atoms with Crippen LogP contribution in [-0.4, -0.2) is 22.7 Å². The summed E-state index contributed by atoms with van der Waals surface area (Å²) < 4.78 is 4.85. The Labute approximate surface area is 105 Å². The van der Waals surface area contributed by atoms with Crippen LogP contribution < -0.4 is 5.32 Å². The van der Waals surface area contributed by atoms with E-state index in [1.807, 2.05) is 31.2 Å². The number of alkyl carbamates (subject to hydrolysis) is 1. The Balaban J connectivity index is 2.06. The highest BCUT2D eigenvalue weighted by Crippen LogP contribution is 2.15.